The predicted octanol–water partition coefficient (Wildman–Crippen LogP) is 2.42. The molecule has 0 radical (unpaired) electrons. The van der Waals surface area contributed by atoms with Crippen molar-refractivity contribution in [1.82, 2.24) is 5.32 Å². The number of hydrogen-bond donors (Lipinski definition) is 2. The van der Waals surface area contributed by atoms with Gasteiger partial charge in [0, 0.05) is 31.2 Å². The van der Waals surface area contributed by atoms with Crippen LogP contribution in [0.3, 0.4) is 0 Å². The number of rotatable bonds is 6. The van der Waals surface area contributed by atoms with Crippen LogP contribution in [0.25, 0.3) is 0 Å². The fourth-order valence-corrected chi connectivity index (χ4v) is 1.78. The second-order valence-electron chi connectivity index (χ2n) is 3.77. The van der Waals surface area contributed by atoms with E-state index < -0.39 is 0 Å². The maximum absolute atomic E-state index is 11.9. The zero-order valence-electron chi connectivity index (χ0n) is 9.95. The van der Waals surface area contributed by atoms with Crippen molar-refractivity contribution < 1.29 is 14.6 Å². The molecule has 1 atom stereocenters. The minimum absolute atomic E-state index is 0.0542. The molecule has 0 spiro atoms. The molecule has 2 N–H and O–H groups in total. The number of ether oxygens (including phenoxy) is 1. The number of hydrogen-bond acceptors (Lipinski definition) is 3. The highest BCUT2D eigenvalue weighted by Gasteiger charge is 2.13. The number of carbonyl (C=O) groups is 1. The zero-order valence-corrected chi connectivity index (χ0v) is 11.5. The third kappa shape index (κ3) is 4.37. The van der Waals surface area contributed by atoms with Crippen LogP contribution in [0, 0.1) is 0 Å². The smallest absolute Gasteiger partial charge is 0.251 e. The summed E-state index contributed by atoms with van der Waals surface area (Å²) < 4.78 is 4.93. The molecule has 6 heteroatoms. The van der Waals surface area contributed by atoms with E-state index in [0.717, 1.165) is 0 Å². The molecule has 1 aromatic carbocycles. The van der Waals surface area contributed by atoms with E-state index in [-0.39, 0.29) is 22.7 Å². The third-order valence-corrected chi connectivity index (χ3v) is 3.08. The quantitative estimate of drug-likeness (QED) is 0.792. The predicted molar refractivity (Wildman–Crippen MR) is 71.6 cm³/mol. The molecule has 0 saturated carbocycles. The molecule has 0 aromatic heterocycles. The minimum Gasteiger partial charge on any atom is -0.506 e. The van der Waals surface area contributed by atoms with E-state index in [2.05, 4.69) is 5.32 Å². The first kappa shape index (κ1) is 15.1. The molecule has 4 nitrogen and oxygen atoms in total. The van der Waals surface area contributed by atoms with Crippen molar-refractivity contribution >= 4 is 29.1 Å². The van der Waals surface area contributed by atoms with Gasteiger partial charge >= 0.3 is 0 Å². The van der Waals surface area contributed by atoms with Crippen molar-refractivity contribution in [3.63, 3.8) is 0 Å². The highest BCUT2D eigenvalue weighted by Crippen LogP contribution is 2.23. The van der Waals surface area contributed by atoms with Gasteiger partial charge in [0.05, 0.1) is 5.02 Å². The monoisotopic (exact) mass is 291 g/mol. The topological polar surface area (TPSA) is 58.6 Å². The second-order valence-corrected chi connectivity index (χ2v) is 4.49. The number of benzene rings is 1. The summed E-state index contributed by atoms with van der Waals surface area (Å²) in [5.74, 6) is -0.0267. The molecule has 0 aliphatic heterocycles. The molecular formula is C12H15Cl2NO3. The van der Waals surface area contributed by atoms with Crippen LogP contribution < -0.4 is 5.32 Å². The Bertz CT molecular complexity index is 412. The molecule has 1 amide bonds. The molecule has 0 aliphatic carbocycles. The summed E-state index contributed by atoms with van der Waals surface area (Å²) >= 11 is 11.5. The molecule has 18 heavy (non-hydrogen) atoms. The normalized spacial score (nSPS) is 12.2. The van der Waals surface area contributed by atoms with Crippen molar-refractivity contribution in [2.75, 3.05) is 19.6 Å². The average molecular weight is 292 g/mol. The lowest BCUT2D eigenvalue weighted by molar-refractivity contribution is 0.0930. The second kappa shape index (κ2) is 7.46. The summed E-state index contributed by atoms with van der Waals surface area (Å²) in [6.45, 7) is 0.522. The maximum atomic E-state index is 11.9. The standard InChI is InChI=1S/C12H15Cl2NO3/c1-18-5-4-9(7-13)15-12(17)8-2-3-11(16)10(14)6-8/h2-3,6,9,16H,4-5,7H2,1H3,(H,15,17). The van der Waals surface area contributed by atoms with Gasteiger partial charge < -0.3 is 15.2 Å². The van der Waals surface area contributed by atoms with E-state index in [1.165, 1.54) is 18.2 Å². The number of phenolic OH excluding ortho intramolecular Hbond substituents is 1. The van der Waals surface area contributed by atoms with Gasteiger partial charge in [-0.05, 0) is 24.6 Å². The van der Waals surface area contributed by atoms with Gasteiger partial charge in [-0.25, -0.2) is 0 Å². The molecule has 1 unspecified atom stereocenters. The van der Waals surface area contributed by atoms with E-state index in [1.54, 1.807) is 7.11 Å². The van der Waals surface area contributed by atoms with Gasteiger partial charge in [0.1, 0.15) is 5.75 Å². The van der Waals surface area contributed by atoms with Crippen LogP contribution in [0.5, 0.6) is 5.75 Å². The van der Waals surface area contributed by atoms with Gasteiger partial charge in [0.2, 0.25) is 0 Å². The van der Waals surface area contributed by atoms with Gasteiger partial charge in [0.15, 0.2) is 0 Å². The Labute approximate surface area is 116 Å². The molecular weight excluding hydrogens is 277 g/mol. The fraction of sp³-hybridized carbons (Fsp3) is 0.417. The summed E-state index contributed by atoms with van der Waals surface area (Å²) in [6, 6.07) is 4.13. The first-order valence-corrected chi connectivity index (χ1v) is 6.34. The van der Waals surface area contributed by atoms with Crippen LogP contribution in [-0.2, 0) is 4.74 Å². The number of carbonyl (C=O) groups excluding carboxylic acids is 1. The molecule has 100 valence electrons. The SMILES string of the molecule is COCCC(CCl)NC(=O)c1ccc(O)c(Cl)c1. The molecule has 1 aromatic rings. The van der Waals surface area contributed by atoms with Gasteiger partial charge in [-0.15, -0.1) is 11.6 Å². The van der Waals surface area contributed by atoms with Crippen LogP contribution in [0.1, 0.15) is 16.8 Å². The number of phenols is 1. The molecule has 0 heterocycles. The van der Waals surface area contributed by atoms with Crippen molar-refractivity contribution in [2.45, 2.75) is 12.5 Å². The number of amides is 1. The van der Waals surface area contributed by atoms with E-state index in [9.17, 15) is 9.90 Å². The largest absolute Gasteiger partial charge is 0.506 e. The number of aromatic hydroxyl groups is 1. The third-order valence-electron chi connectivity index (χ3n) is 2.40. The Morgan fingerprint density at radius 3 is 2.83 bits per heavy atom. The van der Waals surface area contributed by atoms with Crippen LogP contribution >= 0.6 is 23.2 Å². The lowest BCUT2D eigenvalue weighted by atomic mass is 10.1. The van der Waals surface area contributed by atoms with E-state index in [1.807, 2.05) is 0 Å². The van der Waals surface area contributed by atoms with Crippen LogP contribution in [0.15, 0.2) is 18.2 Å². The first-order valence-electron chi connectivity index (χ1n) is 5.42. The van der Waals surface area contributed by atoms with Gasteiger partial charge in [-0.1, -0.05) is 11.6 Å². The molecule has 1 rings (SSSR count). The number of methoxy groups -OCH3 is 1. The highest BCUT2D eigenvalue weighted by atomic mass is 35.5. The maximum Gasteiger partial charge on any atom is 0.251 e. The van der Waals surface area contributed by atoms with Gasteiger partial charge in [0.25, 0.3) is 5.91 Å². The lowest BCUT2D eigenvalue weighted by Crippen LogP contribution is -2.37. The summed E-state index contributed by atoms with van der Waals surface area (Å²) in [5, 5.41) is 12.2. The van der Waals surface area contributed by atoms with Crippen molar-refractivity contribution in [3.8, 4) is 5.75 Å². The van der Waals surface area contributed by atoms with Crippen molar-refractivity contribution in [1.29, 1.82) is 0 Å². The molecule has 0 fully saturated rings. The lowest BCUT2D eigenvalue weighted by Gasteiger charge is -2.15. The average Bonchev–Trinajstić information content (AvgIpc) is 2.37. The summed E-state index contributed by atoms with van der Waals surface area (Å²) in [4.78, 5) is 11.9. The Morgan fingerprint density at radius 2 is 2.28 bits per heavy atom. The van der Waals surface area contributed by atoms with Crippen molar-refractivity contribution in [3.05, 3.63) is 28.8 Å². The minimum atomic E-state index is -0.279. The van der Waals surface area contributed by atoms with E-state index in [4.69, 9.17) is 27.9 Å². The van der Waals surface area contributed by atoms with Crippen LogP contribution in [0.4, 0.5) is 0 Å². The van der Waals surface area contributed by atoms with E-state index >= 15 is 0 Å². The van der Waals surface area contributed by atoms with Crippen LogP contribution in [-0.4, -0.2) is 36.7 Å². The highest BCUT2D eigenvalue weighted by molar-refractivity contribution is 6.32. The summed E-state index contributed by atoms with van der Waals surface area (Å²) in [6.07, 6.45) is 0.636. The van der Waals surface area contributed by atoms with Crippen molar-refractivity contribution in [2.24, 2.45) is 0 Å². The van der Waals surface area contributed by atoms with Gasteiger partial charge in [-0.2, -0.15) is 0 Å². The Balaban J connectivity index is 2.65. The Hall–Kier alpha value is -0.970. The number of nitrogens with one attached hydrogen (secondary N) is 1. The zero-order chi connectivity index (χ0) is 13.5. The number of alkyl halides is 1. The molecule has 0 aliphatic rings. The molecule has 0 saturated heterocycles. The van der Waals surface area contributed by atoms with E-state index in [0.29, 0.717) is 24.5 Å². The van der Waals surface area contributed by atoms with Gasteiger partial charge in [-0.3, -0.25) is 4.79 Å². The Kier molecular flexibility index (Phi) is 6.25. The van der Waals surface area contributed by atoms with Crippen LogP contribution in [0.2, 0.25) is 5.02 Å². The number of halogens is 2. The summed E-state index contributed by atoms with van der Waals surface area (Å²) in [5.41, 5.74) is 0.380. The summed E-state index contributed by atoms with van der Waals surface area (Å²) in [7, 11) is 1.59. The Morgan fingerprint density at radius 1 is 1.56 bits per heavy atom. The first-order chi connectivity index (χ1) is 8.58. The molecule has 0 bridgehead atoms. The fourth-order valence-electron chi connectivity index (χ4n) is 1.36.